The first-order valence-electron chi connectivity index (χ1n) is 2.55. The van der Waals surface area contributed by atoms with Crippen molar-refractivity contribution in [1.29, 1.82) is 0 Å². The fourth-order valence-electron chi connectivity index (χ4n) is 0. The van der Waals surface area contributed by atoms with Gasteiger partial charge in [-0.2, -0.15) is 26.3 Å². The van der Waals surface area contributed by atoms with Crippen molar-refractivity contribution in [3.8, 4) is 0 Å². The number of rotatable bonds is 0. The number of allylic oxidation sites excluding steroid dienone is 1. The Balaban J connectivity index is 0. The first-order chi connectivity index (χ1) is 5.50. The van der Waals surface area contributed by atoms with Crippen LogP contribution < -0.4 is 0 Å². The second-order valence-corrected chi connectivity index (χ2v) is 1.65. The van der Waals surface area contributed by atoms with Crippen LogP contribution in [0.15, 0.2) is 12.4 Å². The molecule has 0 aliphatic heterocycles. The van der Waals surface area contributed by atoms with Gasteiger partial charge in [0.1, 0.15) is 0 Å². The van der Waals surface area contributed by atoms with Gasteiger partial charge in [-0.1, -0.05) is 6.58 Å². The summed E-state index contributed by atoms with van der Waals surface area (Å²) in [5.41, 5.74) is 0. The van der Waals surface area contributed by atoms with Gasteiger partial charge in [-0.25, -0.2) is 8.78 Å². The maximum absolute atomic E-state index is 10.9. The normalized spacial score (nSPS) is 11.7. The molecule has 13 heavy (non-hydrogen) atoms. The Kier molecular flexibility index (Phi) is 5.68. The maximum Gasteiger partial charge on any atom is 0.442 e. The first kappa shape index (κ1) is 14.7. The molecule has 0 aromatic carbocycles. The molecule has 8 heteroatoms. The van der Waals surface area contributed by atoms with Crippen molar-refractivity contribution in [2.45, 2.75) is 12.4 Å². The third kappa shape index (κ3) is 14.1. The van der Waals surface area contributed by atoms with E-state index in [0.717, 1.165) is 0 Å². The van der Waals surface area contributed by atoms with Gasteiger partial charge >= 0.3 is 12.4 Å². The lowest BCUT2D eigenvalue weighted by Gasteiger charge is -1.97. The second-order valence-electron chi connectivity index (χ2n) is 1.65. The van der Waals surface area contributed by atoms with Gasteiger partial charge in [-0.3, -0.25) is 0 Å². The van der Waals surface area contributed by atoms with E-state index < -0.39 is 24.9 Å². The predicted molar refractivity (Wildman–Crippen MR) is 28.3 cm³/mol. The van der Waals surface area contributed by atoms with E-state index in [1.165, 1.54) is 0 Å². The Morgan fingerprint density at radius 1 is 1.00 bits per heavy atom. The van der Waals surface area contributed by atoms with Crippen LogP contribution in [-0.4, -0.2) is 19.0 Å². The molecular formula is C5H4F8. The van der Waals surface area contributed by atoms with Crippen LogP contribution in [0, 0.1) is 0 Å². The highest BCUT2D eigenvalue weighted by molar-refractivity contribution is 4.88. The number of alkyl halides is 7. The Hall–Kier alpha value is -0.820. The average molecular weight is 216 g/mol. The zero-order chi connectivity index (χ0) is 11.3. The molecule has 0 heterocycles. The smallest absolute Gasteiger partial charge is 0.241 e. The van der Waals surface area contributed by atoms with Crippen LogP contribution >= 0.6 is 0 Å². The van der Waals surface area contributed by atoms with Crippen molar-refractivity contribution < 1.29 is 35.1 Å². The molecule has 0 unspecified atom stereocenters. The Labute approximate surface area is 67.8 Å². The van der Waals surface area contributed by atoms with Crippen LogP contribution in [0.2, 0.25) is 0 Å². The molecule has 0 fully saturated rings. The van der Waals surface area contributed by atoms with E-state index in [0.29, 0.717) is 0 Å². The number of halogens is 8. The topological polar surface area (TPSA) is 0 Å². The van der Waals surface area contributed by atoms with Crippen molar-refractivity contribution in [1.82, 2.24) is 0 Å². The molecule has 0 rings (SSSR count). The van der Waals surface area contributed by atoms with Gasteiger partial charge in [0, 0.05) is 0 Å². The molecule has 0 aromatic rings. The lowest BCUT2D eigenvalue weighted by molar-refractivity contribution is -0.142. The number of hydrogen-bond donors (Lipinski definition) is 0. The highest BCUT2D eigenvalue weighted by atomic mass is 19.4. The van der Waals surface area contributed by atoms with E-state index in [9.17, 15) is 35.1 Å². The molecule has 80 valence electrons. The average Bonchev–Trinajstić information content (AvgIpc) is 1.85. The van der Waals surface area contributed by atoms with E-state index in [2.05, 4.69) is 0 Å². The molecule has 0 nitrogen and oxygen atoms in total. The molecule has 0 aliphatic carbocycles. The van der Waals surface area contributed by atoms with E-state index in [1.807, 2.05) is 6.58 Å². The van der Waals surface area contributed by atoms with Gasteiger partial charge in [0.25, 0.3) is 0 Å². The van der Waals surface area contributed by atoms with Crippen molar-refractivity contribution in [2.24, 2.45) is 0 Å². The summed E-state index contributed by atoms with van der Waals surface area (Å²) < 4.78 is 84.6. The Morgan fingerprint density at radius 2 is 1.15 bits per heavy atom. The van der Waals surface area contributed by atoms with Crippen LogP contribution in [0.3, 0.4) is 0 Å². The Morgan fingerprint density at radius 3 is 1.15 bits per heavy atom. The minimum absolute atomic E-state index is 2.03. The van der Waals surface area contributed by atoms with E-state index in [1.54, 1.807) is 0 Å². The highest BCUT2D eigenvalue weighted by Crippen LogP contribution is 2.23. The second kappa shape index (κ2) is 5.03. The van der Waals surface area contributed by atoms with E-state index >= 15 is 0 Å². The van der Waals surface area contributed by atoms with Gasteiger partial charge in [-0.05, 0) is 0 Å². The first-order valence-corrected chi connectivity index (χ1v) is 2.55. The summed E-state index contributed by atoms with van der Waals surface area (Å²) in [6.45, 7) is -0.194. The molecule has 0 spiro atoms. The lowest BCUT2D eigenvalue weighted by Crippen LogP contribution is -2.08. The van der Waals surface area contributed by atoms with Crippen LogP contribution in [0.25, 0.3) is 0 Å². The van der Waals surface area contributed by atoms with Crippen LogP contribution in [-0.2, 0) is 0 Å². The summed E-state index contributed by atoms with van der Waals surface area (Å²) in [7, 11) is 0. The van der Waals surface area contributed by atoms with Crippen molar-refractivity contribution in [2.75, 3.05) is 6.67 Å². The zero-order valence-corrected chi connectivity index (χ0v) is 5.94. The lowest BCUT2D eigenvalue weighted by atomic mass is 10.6. The van der Waals surface area contributed by atoms with Crippen LogP contribution in [0.1, 0.15) is 0 Å². The molecule has 0 saturated carbocycles. The SMILES string of the molecule is C=C(F)C(F)(F)F.FCC(F)(F)F. The predicted octanol–water partition coefficient (Wildman–Crippen LogP) is 3.55. The van der Waals surface area contributed by atoms with Crippen LogP contribution in [0.5, 0.6) is 0 Å². The molecule has 0 N–H and O–H groups in total. The van der Waals surface area contributed by atoms with Crippen molar-refractivity contribution >= 4 is 0 Å². The third-order valence-corrected chi connectivity index (χ3v) is 0.459. The van der Waals surface area contributed by atoms with Crippen molar-refractivity contribution in [3.63, 3.8) is 0 Å². The van der Waals surface area contributed by atoms with E-state index in [-0.39, 0.29) is 0 Å². The fraction of sp³-hybridized carbons (Fsp3) is 0.600. The summed E-state index contributed by atoms with van der Waals surface area (Å²) in [5.74, 6) is -2.26. The largest absolute Gasteiger partial charge is 0.442 e. The molecule has 0 radical (unpaired) electrons. The van der Waals surface area contributed by atoms with E-state index in [4.69, 9.17) is 0 Å². The number of hydrogen-bond acceptors (Lipinski definition) is 0. The monoisotopic (exact) mass is 216 g/mol. The fourth-order valence-corrected chi connectivity index (χ4v) is 0. The maximum atomic E-state index is 10.9. The molecule has 0 saturated heterocycles. The van der Waals surface area contributed by atoms with Gasteiger partial charge in [0.05, 0.1) is 0 Å². The minimum atomic E-state index is -4.86. The van der Waals surface area contributed by atoms with Gasteiger partial charge in [0.2, 0.25) is 0 Å². The minimum Gasteiger partial charge on any atom is -0.241 e. The highest BCUT2D eigenvalue weighted by Gasteiger charge is 2.32. The van der Waals surface area contributed by atoms with Gasteiger partial charge < -0.3 is 0 Å². The standard InChI is InChI=1S/C3H2F4.C2H2F4/c1-2(4)3(5,6)7;3-1-2(4,5)6/h1H2;1H2. The molecular weight excluding hydrogens is 212 g/mol. The summed E-state index contributed by atoms with van der Waals surface area (Å²) in [4.78, 5) is 0. The zero-order valence-electron chi connectivity index (χ0n) is 5.94. The van der Waals surface area contributed by atoms with Crippen molar-refractivity contribution in [3.05, 3.63) is 12.4 Å². The van der Waals surface area contributed by atoms with Crippen LogP contribution in [0.4, 0.5) is 35.1 Å². The quantitative estimate of drug-likeness (QED) is 0.543. The third-order valence-electron chi connectivity index (χ3n) is 0.459. The van der Waals surface area contributed by atoms with Gasteiger partial charge in [-0.15, -0.1) is 0 Å². The molecule has 0 aromatic heterocycles. The summed E-state index contributed by atoms with van der Waals surface area (Å²) in [5, 5.41) is 0. The molecule has 0 bridgehead atoms. The molecule has 0 atom stereocenters. The summed E-state index contributed by atoms with van der Waals surface area (Å²) >= 11 is 0. The van der Waals surface area contributed by atoms with Gasteiger partial charge in [0.15, 0.2) is 12.5 Å². The summed E-state index contributed by atoms with van der Waals surface area (Å²) in [6, 6.07) is 0. The summed E-state index contributed by atoms with van der Waals surface area (Å²) in [6.07, 6.45) is -9.49. The molecule has 0 aliphatic rings. The Bertz CT molecular complexity index is 151. The molecule has 0 amide bonds.